The van der Waals surface area contributed by atoms with Crippen LogP contribution in [0.5, 0.6) is 5.75 Å². The number of hydrogen-bond acceptors (Lipinski definition) is 8. The Kier molecular flexibility index (Phi) is 4.71. The van der Waals surface area contributed by atoms with Crippen molar-refractivity contribution in [2.75, 3.05) is 6.61 Å². The van der Waals surface area contributed by atoms with Gasteiger partial charge in [0.05, 0.1) is 9.85 Å². The lowest BCUT2D eigenvalue weighted by molar-refractivity contribution is -0.570. The van der Waals surface area contributed by atoms with Gasteiger partial charge in [-0.3, -0.25) is 20.2 Å². The molecule has 10 heteroatoms. The van der Waals surface area contributed by atoms with Crippen molar-refractivity contribution >= 4 is 11.8 Å². The monoisotopic (exact) mass is 272 g/mol. The Hall–Kier alpha value is -2.75. The Balaban J connectivity index is 2.77. The van der Waals surface area contributed by atoms with Crippen molar-refractivity contribution in [3.8, 4) is 5.75 Å². The van der Waals surface area contributed by atoms with Gasteiger partial charge in [0.1, 0.15) is 6.61 Å². The number of nitrogens with zero attached hydrogens (tertiary/aromatic N) is 2. The average Bonchev–Trinajstić information content (AvgIpc) is 2.35. The Labute approximate surface area is 105 Å². The molecule has 102 valence electrons. The summed E-state index contributed by atoms with van der Waals surface area (Å²) in [5.74, 6) is -0.419. The number of rotatable bonds is 5. The zero-order valence-corrected chi connectivity index (χ0v) is 9.29. The van der Waals surface area contributed by atoms with Gasteiger partial charge in [-0.05, 0) is 6.07 Å². The van der Waals surface area contributed by atoms with Crippen LogP contribution in [0.2, 0.25) is 0 Å². The molecule has 10 nitrogen and oxygen atoms in total. The van der Waals surface area contributed by atoms with E-state index in [4.69, 9.17) is 5.11 Å². The van der Waals surface area contributed by atoms with E-state index in [2.05, 4.69) is 9.47 Å². The third kappa shape index (κ3) is 3.89. The van der Waals surface area contributed by atoms with Gasteiger partial charge in [-0.2, -0.15) is 0 Å². The van der Waals surface area contributed by atoms with Crippen LogP contribution in [0.1, 0.15) is 0 Å². The molecule has 0 saturated heterocycles. The summed E-state index contributed by atoms with van der Waals surface area (Å²) < 4.78 is 8.64. The van der Waals surface area contributed by atoms with Gasteiger partial charge in [0.25, 0.3) is 0 Å². The topological polar surface area (TPSA) is 142 Å². The molecule has 0 fully saturated rings. The Morgan fingerprint density at radius 1 is 1.32 bits per heavy atom. The highest BCUT2D eigenvalue weighted by molar-refractivity contribution is 5.66. The lowest BCUT2D eigenvalue weighted by Gasteiger charge is -2.08. The van der Waals surface area contributed by atoms with Gasteiger partial charge < -0.3 is 14.6 Å². The minimum absolute atomic E-state index is 0.419. The largest absolute Gasteiger partial charge is 0.519 e. The molecule has 1 aromatic rings. The van der Waals surface area contributed by atoms with E-state index < -0.39 is 40.3 Å². The van der Waals surface area contributed by atoms with Crippen molar-refractivity contribution in [1.29, 1.82) is 0 Å². The van der Waals surface area contributed by atoms with Gasteiger partial charge >= 0.3 is 18.1 Å². The summed E-state index contributed by atoms with van der Waals surface area (Å²) in [5.41, 5.74) is -0.499. The molecule has 1 atom stereocenters. The van der Waals surface area contributed by atoms with Crippen LogP contribution in [-0.4, -0.2) is 33.9 Å². The van der Waals surface area contributed by atoms with Crippen LogP contribution >= 0.6 is 0 Å². The van der Waals surface area contributed by atoms with Crippen LogP contribution in [-0.2, 0) is 4.74 Å². The fourth-order valence-electron chi connectivity index (χ4n) is 1.07. The Morgan fingerprint density at radius 2 is 1.95 bits per heavy atom. The number of aliphatic hydroxyl groups is 1. The second-order valence-electron chi connectivity index (χ2n) is 3.12. The highest BCUT2D eigenvalue weighted by Gasteiger charge is 2.26. The van der Waals surface area contributed by atoms with Crippen LogP contribution in [0.3, 0.4) is 0 Å². The third-order valence-corrected chi connectivity index (χ3v) is 1.88. The molecule has 1 unspecified atom stereocenters. The molecule has 0 saturated carbocycles. The summed E-state index contributed by atoms with van der Waals surface area (Å²) in [5, 5.41) is 29.5. The molecule has 1 aromatic carbocycles. The molecule has 0 aromatic heterocycles. The molecule has 0 aliphatic heterocycles. The lowest BCUT2D eigenvalue weighted by atomic mass is 10.3. The number of carbonyl (C=O) groups excluding carboxylic acids is 1. The van der Waals surface area contributed by atoms with Gasteiger partial charge in [0.2, 0.25) is 5.75 Å². The number of aliphatic hydroxyl groups excluding tert-OH is 1. The number of ether oxygens (including phenoxy) is 2. The van der Waals surface area contributed by atoms with Crippen LogP contribution in [0, 0.1) is 20.2 Å². The van der Waals surface area contributed by atoms with Crippen molar-refractivity contribution < 1.29 is 29.2 Å². The number of nitro benzene ring substituents is 1. The number of nitro groups is 2. The van der Waals surface area contributed by atoms with Crippen LogP contribution in [0.15, 0.2) is 24.3 Å². The predicted molar refractivity (Wildman–Crippen MR) is 58.1 cm³/mol. The smallest absolute Gasteiger partial charge is 0.387 e. The van der Waals surface area contributed by atoms with Crippen molar-refractivity contribution in [1.82, 2.24) is 0 Å². The number of benzene rings is 1. The maximum Gasteiger partial charge on any atom is 0.519 e. The minimum Gasteiger partial charge on any atom is -0.387 e. The van der Waals surface area contributed by atoms with Crippen molar-refractivity contribution in [2.24, 2.45) is 0 Å². The van der Waals surface area contributed by atoms with E-state index >= 15 is 0 Å². The summed E-state index contributed by atoms with van der Waals surface area (Å²) in [6.07, 6.45) is -3.51. The fraction of sp³-hybridized carbons (Fsp3) is 0.222. The van der Waals surface area contributed by atoms with Gasteiger partial charge in [0, 0.05) is 6.07 Å². The molecule has 0 amide bonds. The van der Waals surface area contributed by atoms with Gasteiger partial charge in [-0.1, -0.05) is 12.1 Å². The molecular weight excluding hydrogens is 264 g/mol. The third-order valence-electron chi connectivity index (χ3n) is 1.88. The normalized spacial score (nSPS) is 11.4. The molecule has 0 spiro atoms. The van der Waals surface area contributed by atoms with E-state index in [1.165, 1.54) is 12.1 Å². The van der Waals surface area contributed by atoms with Crippen LogP contribution in [0.25, 0.3) is 0 Å². The second-order valence-corrected chi connectivity index (χ2v) is 3.12. The molecule has 0 aliphatic carbocycles. The van der Waals surface area contributed by atoms with E-state index in [0.717, 1.165) is 12.1 Å². The summed E-state index contributed by atoms with van der Waals surface area (Å²) in [7, 11) is 0. The first kappa shape index (κ1) is 14.3. The molecule has 0 radical (unpaired) electrons. The summed E-state index contributed by atoms with van der Waals surface area (Å²) in [4.78, 5) is 30.3. The van der Waals surface area contributed by atoms with E-state index in [-0.39, 0.29) is 0 Å². The van der Waals surface area contributed by atoms with Crippen LogP contribution in [0.4, 0.5) is 10.5 Å². The first-order valence-corrected chi connectivity index (χ1v) is 4.82. The number of hydrogen-bond donors (Lipinski definition) is 1. The van der Waals surface area contributed by atoms with Gasteiger partial charge in [0.15, 0.2) is 0 Å². The fourth-order valence-corrected chi connectivity index (χ4v) is 1.07. The van der Waals surface area contributed by atoms with E-state index in [1.54, 1.807) is 0 Å². The predicted octanol–water partition coefficient (Wildman–Crippen LogP) is 0.705. The van der Waals surface area contributed by atoms with Gasteiger partial charge in [-0.15, -0.1) is 0 Å². The summed E-state index contributed by atoms with van der Waals surface area (Å²) >= 11 is 0. The van der Waals surface area contributed by atoms with Crippen LogP contribution < -0.4 is 4.74 Å². The average molecular weight is 272 g/mol. The minimum atomic E-state index is -1.99. The zero-order chi connectivity index (χ0) is 14.4. The Bertz CT molecular complexity index is 503. The van der Waals surface area contributed by atoms with E-state index in [9.17, 15) is 25.0 Å². The molecule has 0 bridgehead atoms. The quantitative estimate of drug-likeness (QED) is 0.271. The molecule has 0 aliphatic rings. The molecule has 1 rings (SSSR count). The highest BCUT2D eigenvalue weighted by atomic mass is 16.8. The molecule has 1 N–H and O–H groups in total. The number of para-hydroxylation sites is 2. The first-order valence-electron chi connectivity index (χ1n) is 4.82. The summed E-state index contributed by atoms with van der Waals surface area (Å²) in [6.45, 7) is -1.04. The SMILES string of the molecule is O=C(Oc1ccccc1[N+](=O)[O-])OC(CO)[N+](=O)[O-]. The first-order chi connectivity index (χ1) is 8.95. The molecule has 0 heterocycles. The zero-order valence-electron chi connectivity index (χ0n) is 9.29. The lowest BCUT2D eigenvalue weighted by Crippen LogP contribution is -2.31. The highest BCUT2D eigenvalue weighted by Crippen LogP contribution is 2.26. The molecular formula is C9H8N2O8. The second kappa shape index (κ2) is 6.26. The Morgan fingerprint density at radius 3 is 2.47 bits per heavy atom. The maximum absolute atomic E-state index is 11.2. The van der Waals surface area contributed by atoms with Crippen molar-refractivity contribution in [3.05, 3.63) is 44.5 Å². The summed E-state index contributed by atoms with van der Waals surface area (Å²) in [6, 6.07) is 4.93. The van der Waals surface area contributed by atoms with Crippen molar-refractivity contribution in [3.63, 3.8) is 0 Å². The van der Waals surface area contributed by atoms with E-state index in [0.29, 0.717) is 0 Å². The van der Waals surface area contributed by atoms with Crippen molar-refractivity contribution in [2.45, 2.75) is 6.23 Å². The number of carbonyl (C=O) groups is 1. The molecule has 19 heavy (non-hydrogen) atoms. The maximum atomic E-state index is 11.2. The van der Waals surface area contributed by atoms with Gasteiger partial charge in [-0.25, -0.2) is 4.79 Å². The van der Waals surface area contributed by atoms with E-state index in [1.807, 2.05) is 0 Å². The standard InChI is InChI=1S/C9H8N2O8/c12-5-8(11(16)17)19-9(13)18-7-4-2-1-3-6(7)10(14)15/h1-4,8,12H,5H2.